The molecule has 0 radical (unpaired) electrons. The minimum atomic E-state index is 0.499. The highest BCUT2D eigenvalue weighted by Crippen LogP contribution is 1.98. The summed E-state index contributed by atoms with van der Waals surface area (Å²) in [7, 11) is 0. The predicted octanol–water partition coefficient (Wildman–Crippen LogP) is 2.84. The zero-order valence-electron chi connectivity index (χ0n) is 6.97. The molecule has 0 aliphatic heterocycles. The van der Waals surface area contributed by atoms with E-state index >= 15 is 0 Å². The van der Waals surface area contributed by atoms with Gasteiger partial charge in [0.25, 0.3) is 0 Å². The summed E-state index contributed by atoms with van der Waals surface area (Å²) in [6.45, 7) is 13.3. The Morgan fingerprint density at radius 3 is 2.45 bits per heavy atom. The molecule has 0 saturated carbocycles. The maximum absolute atomic E-state index is 5.10. The second kappa shape index (κ2) is 5.54. The van der Waals surface area contributed by atoms with E-state index in [4.69, 9.17) is 4.74 Å². The molecule has 1 heteroatoms. The number of rotatable bonds is 5. The molecule has 0 saturated heterocycles. The first-order chi connectivity index (χ1) is 5.16. The summed E-state index contributed by atoms with van der Waals surface area (Å²) in [5.41, 5.74) is 0.980. The molecule has 0 bridgehead atoms. The van der Waals surface area contributed by atoms with Crippen molar-refractivity contribution in [3.8, 4) is 0 Å². The minimum Gasteiger partial charge on any atom is -0.490 e. The fourth-order valence-electron chi connectivity index (χ4n) is 0.449. The van der Waals surface area contributed by atoms with E-state index in [-0.39, 0.29) is 0 Å². The van der Waals surface area contributed by atoms with Crippen LogP contribution in [0.4, 0.5) is 0 Å². The van der Waals surface area contributed by atoms with Crippen LogP contribution in [0, 0.1) is 0 Å². The van der Waals surface area contributed by atoms with Gasteiger partial charge < -0.3 is 4.74 Å². The molecule has 0 fully saturated rings. The Labute approximate surface area is 68.4 Å². The van der Waals surface area contributed by atoms with Gasteiger partial charge in [0.05, 0.1) is 0 Å². The molecule has 0 aromatic heterocycles. The van der Waals surface area contributed by atoms with E-state index in [1.807, 2.05) is 13.0 Å². The molecule has 11 heavy (non-hydrogen) atoms. The van der Waals surface area contributed by atoms with Crippen LogP contribution >= 0.6 is 0 Å². The molecule has 0 amide bonds. The first-order valence-electron chi connectivity index (χ1n) is 3.43. The van der Waals surface area contributed by atoms with Crippen molar-refractivity contribution in [3.63, 3.8) is 0 Å². The molecule has 0 unspecified atom stereocenters. The van der Waals surface area contributed by atoms with Crippen molar-refractivity contribution in [3.05, 3.63) is 49.3 Å². The molecular weight excluding hydrogens is 136 g/mol. The van der Waals surface area contributed by atoms with Crippen LogP contribution in [-0.4, -0.2) is 6.61 Å². The Bertz CT molecular complexity index is 187. The van der Waals surface area contributed by atoms with Gasteiger partial charge in [-0.1, -0.05) is 37.5 Å². The maximum Gasteiger partial charge on any atom is 0.112 e. The van der Waals surface area contributed by atoms with Crippen LogP contribution in [0.2, 0.25) is 0 Å². The van der Waals surface area contributed by atoms with Crippen molar-refractivity contribution in [1.29, 1.82) is 0 Å². The minimum absolute atomic E-state index is 0.499. The van der Waals surface area contributed by atoms with Crippen molar-refractivity contribution in [2.75, 3.05) is 6.61 Å². The number of hydrogen-bond donors (Lipinski definition) is 0. The lowest BCUT2D eigenvalue weighted by atomic mass is 10.3. The van der Waals surface area contributed by atoms with Gasteiger partial charge in [0, 0.05) is 0 Å². The molecule has 0 atom stereocenters. The van der Waals surface area contributed by atoms with E-state index in [9.17, 15) is 0 Å². The van der Waals surface area contributed by atoms with Crippen molar-refractivity contribution in [2.24, 2.45) is 0 Å². The van der Waals surface area contributed by atoms with Crippen LogP contribution in [0.1, 0.15) is 6.92 Å². The molecule has 0 spiro atoms. The molecule has 0 aromatic rings. The van der Waals surface area contributed by atoms with Crippen LogP contribution in [-0.2, 0) is 4.74 Å². The lowest BCUT2D eigenvalue weighted by Gasteiger charge is -1.99. The quantitative estimate of drug-likeness (QED) is 0.332. The molecule has 0 aromatic carbocycles. The number of allylic oxidation sites excluding steroid dienone is 3. The molecule has 0 aliphatic carbocycles. The van der Waals surface area contributed by atoms with E-state index in [2.05, 4.69) is 19.7 Å². The molecule has 0 heterocycles. The van der Waals surface area contributed by atoms with Gasteiger partial charge in [-0.3, -0.25) is 0 Å². The summed E-state index contributed by atoms with van der Waals surface area (Å²) in [5.74, 6) is 0.632. The van der Waals surface area contributed by atoms with E-state index < -0.39 is 0 Å². The molecule has 60 valence electrons. The highest BCUT2D eigenvalue weighted by atomic mass is 16.5. The monoisotopic (exact) mass is 150 g/mol. The van der Waals surface area contributed by atoms with Gasteiger partial charge in [-0.2, -0.15) is 0 Å². The summed E-state index contributed by atoms with van der Waals surface area (Å²) in [6.07, 6.45) is 5.32. The van der Waals surface area contributed by atoms with Crippen molar-refractivity contribution >= 4 is 0 Å². The average Bonchev–Trinajstić information content (AvgIpc) is 1.97. The largest absolute Gasteiger partial charge is 0.490 e. The first-order valence-corrected chi connectivity index (χ1v) is 3.43. The van der Waals surface area contributed by atoms with Crippen molar-refractivity contribution in [1.82, 2.24) is 0 Å². The summed E-state index contributed by atoms with van der Waals surface area (Å²) >= 11 is 0. The van der Waals surface area contributed by atoms with E-state index in [0.717, 1.165) is 5.57 Å². The van der Waals surface area contributed by atoms with Gasteiger partial charge in [-0.15, -0.1) is 0 Å². The second-order valence-electron chi connectivity index (χ2n) is 2.25. The van der Waals surface area contributed by atoms with E-state index in [0.29, 0.717) is 12.4 Å². The summed E-state index contributed by atoms with van der Waals surface area (Å²) in [6, 6.07) is 0. The summed E-state index contributed by atoms with van der Waals surface area (Å²) < 4.78 is 5.10. The second-order valence-corrected chi connectivity index (χ2v) is 2.25. The van der Waals surface area contributed by atoms with Crippen LogP contribution in [0.15, 0.2) is 49.3 Å². The third-order valence-corrected chi connectivity index (χ3v) is 0.940. The normalized spacial score (nSPS) is 9.55. The lowest BCUT2D eigenvalue weighted by molar-refractivity contribution is 0.263. The fourth-order valence-corrected chi connectivity index (χ4v) is 0.449. The molecule has 0 aliphatic rings. The van der Waals surface area contributed by atoms with Crippen molar-refractivity contribution < 1.29 is 4.74 Å². The summed E-state index contributed by atoms with van der Waals surface area (Å²) in [4.78, 5) is 0. The molecular formula is C10H14O. The van der Waals surface area contributed by atoms with E-state index in [1.54, 1.807) is 12.2 Å². The summed E-state index contributed by atoms with van der Waals surface area (Å²) in [5, 5.41) is 0. The van der Waals surface area contributed by atoms with Gasteiger partial charge in [0.15, 0.2) is 0 Å². The Balaban J connectivity index is 3.68. The van der Waals surface area contributed by atoms with Gasteiger partial charge in [-0.05, 0) is 13.0 Å². The topological polar surface area (TPSA) is 9.23 Å². The predicted molar refractivity (Wildman–Crippen MR) is 49.2 cm³/mol. The Hall–Kier alpha value is -1.24. The SMILES string of the molecule is C=CCOC(=C)/C=C\C(=C)C. The highest BCUT2D eigenvalue weighted by molar-refractivity contribution is 5.19. The lowest BCUT2D eigenvalue weighted by Crippen LogP contribution is -1.86. The number of ether oxygens (including phenoxy) is 1. The van der Waals surface area contributed by atoms with Crippen LogP contribution < -0.4 is 0 Å². The van der Waals surface area contributed by atoms with Crippen molar-refractivity contribution in [2.45, 2.75) is 6.92 Å². The standard InChI is InChI=1S/C10H14O/c1-5-8-11-10(4)7-6-9(2)3/h5-7H,1-2,4,8H2,3H3/b7-6-. The Kier molecular flexibility index (Phi) is 4.91. The zero-order chi connectivity index (χ0) is 8.69. The Morgan fingerprint density at radius 1 is 1.36 bits per heavy atom. The third-order valence-electron chi connectivity index (χ3n) is 0.940. The zero-order valence-corrected chi connectivity index (χ0v) is 6.97. The smallest absolute Gasteiger partial charge is 0.112 e. The van der Waals surface area contributed by atoms with Crippen LogP contribution in [0.25, 0.3) is 0 Å². The molecule has 0 rings (SSSR count). The average molecular weight is 150 g/mol. The van der Waals surface area contributed by atoms with Gasteiger partial charge in [-0.25, -0.2) is 0 Å². The first kappa shape index (κ1) is 9.76. The number of hydrogen-bond acceptors (Lipinski definition) is 1. The van der Waals surface area contributed by atoms with Gasteiger partial charge in [0.2, 0.25) is 0 Å². The maximum atomic E-state index is 5.10. The molecule has 1 nitrogen and oxygen atoms in total. The van der Waals surface area contributed by atoms with Gasteiger partial charge in [0.1, 0.15) is 12.4 Å². The Morgan fingerprint density at radius 2 is 2.00 bits per heavy atom. The highest BCUT2D eigenvalue weighted by Gasteiger charge is 1.84. The van der Waals surface area contributed by atoms with Crippen LogP contribution in [0.3, 0.4) is 0 Å². The third kappa shape index (κ3) is 6.65. The van der Waals surface area contributed by atoms with E-state index in [1.165, 1.54) is 0 Å². The molecule has 0 N–H and O–H groups in total. The van der Waals surface area contributed by atoms with Gasteiger partial charge >= 0.3 is 0 Å². The van der Waals surface area contributed by atoms with Crippen LogP contribution in [0.5, 0.6) is 0 Å². The fraction of sp³-hybridized carbons (Fsp3) is 0.200.